The molecule has 2 heterocycles. The van der Waals surface area contributed by atoms with E-state index in [9.17, 15) is 4.79 Å². The van der Waals surface area contributed by atoms with Crippen LogP contribution in [0.4, 0.5) is 0 Å². The maximum atomic E-state index is 12.4. The summed E-state index contributed by atoms with van der Waals surface area (Å²) in [6.45, 7) is 2.61. The molecule has 0 N–H and O–H groups in total. The zero-order valence-electron chi connectivity index (χ0n) is 14.4. The highest BCUT2D eigenvalue weighted by Crippen LogP contribution is 2.34. The lowest BCUT2D eigenvalue weighted by Crippen LogP contribution is -2.27. The molecule has 5 nitrogen and oxygen atoms in total. The molecular formula is C20H18BrN3O2. The van der Waals surface area contributed by atoms with Crippen molar-refractivity contribution in [3.63, 3.8) is 0 Å². The van der Waals surface area contributed by atoms with Gasteiger partial charge in [0.15, 0.2) is 0 Å². The van der Waals surface area contributed by atoms with E-state index >= 15 is 0 Å². The molecule has 3 aromatic rings. The van der Waals surface area contributed by atoms with E-state index in [1.54, 1.807) is 0 Å². The van der Waals surface area contributed by atoms with E-state index in [0.717, 1.165) is 15.6 Å². The van der Waals surface area contributed by atoms with Crippen LogP contribution in [0.5, 0.6) is 0 Å². The van der Waals surface area contributed by atoms with E-state index in [4.69, 9.17) is 4.52 Å². The van der Waals surface area contributed by atoms with Crippen molar-refractivity contribution in [2.24, 2.45) is 0 Å². The van der Waals surface area contributed by atoms with Crippen molar-refractivity contribution in [2.45, 2.75) is 32.4 Å². The highest BCUT2D eigenvalue weighted by Gasteiger charge is 2.36. The Labute approximate surface area is 160 Å². The number of hydrogen-bond donors (Lipinski definition) is 0. The van der Waals surface area contributed by atoms with Crippen LogP contribution in [0.15, 0.2) is 57.5 Å². The number of hydrogen-bond acceptors (Lipinski definition) is 4. The number of benzene rings is 2. The first-order valence-corrected chi connectivity index (χ1v) is 9.34. The molecule has 6 heteroatoms. The second kappa shape index (κ2) is 7.03. The number of likely N-dealkylation sites (tertiary alicyclic amines) is 1. The Hall–Kier alpha value is -2.47. The van der Waals surface area contributed by atoms with Gasteiger partial charge in [-0.15, -0.1) is 0 Å². The fourth-order valence-corrected chi connectivity index (χ4v) is 3.55. The van der Waals surface area contributed by atoms with E-state index < -0.39 is 0 Å². The molecule has 1 aromatic heterocycles. The third-order valence-corrected chi connectivity index (χ3v) is 5.12. The molecule has 1 aliphatic rings. The van der Waals surface area contributed by atoms with Crippen molar-refractivity contribution in [1.29, 1.82) is 0 Å². The van der Waals surface area contributed by atoms with Crippen LogP contribution in [0.1, 0.15) is 35.9 Å². The molecule has 132 valence electrons. The number of amides is 1. The summed E-state index contributed by atoms with van der Waals surface area (Å²) in [5.74, 6) is 1.17. The maximum Gasteiger partial charge on any atom is 0.249 e. The van der Waals surface area contributed by atoms with E-state index in [2.05, 4.69) is 45.1 Å². The third-order valence-electron chi connectivity index (χ3n) is 4.59. The Bertz CT molecular complexity index is 936. The van der Waals surface area contributed by atoms with Gasteiger partial charge in [-0.2, -0.15) is 4.98 Å². The van der Waals surface area contributed by atoms with Gasteiger partial charge in [-0.1, -0.05) is 50.9 Å². The van der Waals surface area contributed by atoms with E-state index in [-0.39, 0.29) is 11.9 Å². The monoisotopic (exact) mass is 411 g/mol. The first kappa shape index (κ1) is 17.0. The molecule has 2 aromatic carbocycles. The topological polar surface area (TPSA) is 59.2 Å². The van der Waals surface area contributed by atoms with Crippen LogP contribution in [-0.2, 0) is 11.3 Å². The van der Waals surface area contributed by atoms with Gasteiger partial charge in [-0.3, -0.25) is 4.79 Å². The highest BCUT2D eigenvalue weighted by molar-refractivity contribution is 9.10. The average molecular weight is 412 g/mol. The minimum absolute atomic E-state index is 0.125. The van der Waals surface area contributed by atoms with Gasteiger partial charge in [-0.05, 0) is 43.2 Å². The Morgan fingerprint density at radius 3 is 2.81 bits per heavy atom. The summed E-state index contributed by atoms with van der Waals surface area (Å²) in [5, 5.41) is 4.10. The van der Waals surface area contributed by atoms with Gasteiger partial charge in [-0.25, -0.2) is 0 Å². The Morgan fingerprint density at radius 1 is 1.23 bits per heavy atom. The van der Waals surface area contributed by atoms with Crippen molar-refractivity contribution in [3.05, 3.63) is 70.0 Å². The minimum atomic E-state index is -0.167. The Kier molecular flexibility index (Phi) is 4.59. The average Bonchev–Trinajstić information content (AvgIpc) is 3.24. The van der Waals surface area contributed by atoms with Crippen LogP contribution in [0.2, 0.25) is 0 Å². The zero-order chi connectivity index (χ0) is 18.1. The summed E-state index contributed by atoms with van der Waals surface area (Å²) in [6.07, 6.45) is 1.21. The first-order valence-electron chi connectivity index (χ1n) is 8.55. The van der Waals surface area contributed by atoms with Crippen LogP contribution >= 0.6 is 15.9 Å². The van der Waals surface area contributed by atoms with Gasteiger partial charge in [0.2, 0.25) is 17.6 Å². The number of nitrogens with zero attached hydrogens (tertiary/aromatic N) is 3. The molecule has 1 fully saturated rings. The van der Waals surface area contributed by atoms with Gasteiger partial charge in [0.1, 0.15) is 6.04 Å². The molecule has 1 aliphatic heterocycles. The van der Waals surface area contributed by atoms with Crippen LogP contribution in [-0.4, -0.2) is 20.9 Å². The third kappa shape index (κ3) is 3.42. The molecule has 1 unspecified atom stereocenters. The second-order valence-corrected chi connectivity index (χ2v) is 7.44. The van der Waals surface area contributed by atoms with Crippen molar-refractivity contribution >= 4 is 21.8 Å². The van der Waals surface area contributed by atoms with Crippen LogP contribution in [0.25, 0.3) is 11.4 Å². The molecule has 0 bridgehead atoms. The number of carbonyl (C=O) groups is 1. The lowest BCUT2D eigenvalue weighted by Gasteiger charge is -2.22. The standard InChI is InChI=1S/C20H18BrN3O2/c1-13-3-2-4-14(11-13)12-24-17(9-10-18(24)25)20-22-19(23-26-20)15-5-7-16(21)8-6-15/h2-8,11,17H,9-10,12H2,1H3. The summed E-state index contributed by atoms with van der Waals surface area (Å²) in [6, 6.07) is 15.8. The molecule has 26 heavy (non-hydrogen) atoms. The summed E-state index contributed by atoms with van der Waals surface area (Å²) in [7, 11) is 0. The van der Waals surface area contributed by atoms with Gasteiger partial charge in [0, 0.05) is 23.0 Å². The molecule has 4 rings (SSSR count). The molecule has 0 radical (unpaired) electrons. The summed E-state index contributed by atoms with van der Waals surface area (Å²) < 4.78 is 6.50. The molecule has 0 aliphatic carbocycles. The molecule has 1 atom stereocenters. The number of aromatic nitrogens is 2. The number of aryl methyl sites for hydroxylation is 1. The Balaban J connectivity index is 1.58. The largest absolute Gasteiger partial charge is 0.337 e. The highest BCUT2D eigenvalue weighted by atomic mass is 79.9. The lowest BCUT2D eigenvalue weighted by atomic mass is 10.1. The quantitative estimate of drug-likeness (QED) is 0.625. The van der Waals surface area contributed by atoms with Gasteiger partial charge >= 0.3 is 0 Å². The summed E-state index contributed by atoms with van der Waals surface area (Å²) in [4.78, 5) is 18.8. The number of halogens is 1. The predicted octanol–water partition coefficient (Wildman–Crippen LogP) is 4.67. The minimum Gasteiger partial charge on any atom is -0.337 e. The van der Waals surface area contributed by atoms with Crippen molar-refractivity contribution in [3.8, 4) is 11.4 Å². The molecule has 0 saturated carbocycles. The van der Waals surface area contributed by atoms with E-state index in [1.165, 1.54) is 5.56 Å². The van der Waals surface area contributed by atoms with E-state index in [1.807, 2.05) is 41.3 Å². The van der Waals surface area contributed by atoms with Crippen molar-refractivity contribution in [1.82, 2.24) is 15.0 Å². The summed E-state index contributed by atoms with van der Waals surface area (Å²) >= 11 is 3.42. The smallest absolute Gasteiger partial charge is 0.249 e. The normalized spacial score (nSPS) is 17.1. The van der Waals surface area contributed by atoms with Gasteiger partial charge < -0.3 is 9.42 Å². The fraction of sp³-hybridized carbons (Fsp3) is 0.250. The maximum absolute atomic E-state index is 12.4. The van der Waals surface area contributed by atoms with Crippen molar-refractivity contribution < 1.29 is 9.32 Å². The number of rotatable bonds is 4. The molecule has 0 spiro atoms. The van der Waals surface area contributed by atoms with Crippen LogP contribution in [0.3, 0.4) is 0 Å². The SMILES string of the molecule is Cc1cccc(CN2C(=O)CCC2c2nc(-c3ccc(Br)cc3)no2)c1. The van der Waals surface area contributed by atoms with Crippen molar-refractivity contribution in [2.75, 3.05) is 0 Å². The first-order chi connectivity index (χ1) is 12.6. The summed E-state index contributed by atoms with van der Waals surface area (Å²) in [5.41, 5.74) is 3.18. The van der Waals surface area contributed by atoms with Gasteiger partial charge in [0.05, 0.1) is 0 Å². The van der Waals surface area contributed by atoms with Crippen LogP contribution in [0, 0.1) is 6.92 Å². The Morgan fingerprint density at radius 2 is 2.04 bits per heavy atom. The van der Waals surface area contributed by atoms with E-state index in [0.29, 0.717) is 31.1 Å². The lowest BCUT2D eigenvalue weighted by molar-refractivity contribution is -0.129. The fourth-order valence-electron chi connectivity index (χ4n) is 3.28. The van der Waals surface area contributed by atoms with Crippen LogP contribution < -0.4 is 0 Å². The molecule has 1 saturated heterocycles. The molecular weight excluding hydrogens is 394 g/mol. The molecule has 1 amide bonds. The zero-order valence-corrected chi connectivity index (χ0v) is 15.9. The number of carbonyl (C=O) groups excluding carboxylic acids is 1. The predicted molar refractivity (Wildman–Crippen MR) is 101 cm³/mol. The van der Waals surface area contributed by atoms with Gasteiger partial charge in [0.25, 0.3) is 0 Å². The second-order valence-electron chi connectivity index (χ2n) is 6.53.